The lowest BCUT2D eigenvalue weighted by atomic mass is 9.47. The molecule has 1 aromatic carbocycles. The van der Waals surface area contributed by atoms with E-state index in [-0.39, 0.29) is 22.9 Å². The van der Waals surface area contributed by atoms with Gasteiger partial charge in [0.1, 0.15) is 6.10 Å². The lowest BCUT2D eigenvalue weighted by Crippen LogP contribution is -2.51. The Hall–Kier alpha value is -1.90. The second kappa shape index (κ2) is 7.90. The van der Waals surface area contributed by atoms with Crippen LogP contribution in [0.2, 0.25) is 0 Å². The number of allylic oxidation sites excluding steroid dienone is 1. The standard InChI is InChI=1S/C28H36O3/c1-27-16-14-21(29)18-20(27)9-10-22-23-11-12-25(28(23,2)17-15-24(22)27)31-26(30)13-8-19-6-4-3-5-7-19/h3-7,18,22-25H,8-17H2,1-2H3. The molecule has 0 saturated heterocycles. The van der Waals surface area contributed by atoms with E-state index in [9.17, 15) is 9.59 Å². The fourth-order valence-electron chi connectivity index (χ4n) is 7.81. The number of ether oxygens (including phenoxy) is 1. The predicted molar refractivity (Wildman–Crippen MR) is 121 cm³/mol. The summed E-state index contributed by atoms with van der Waals surface area (Å²) in [4.78, 5) is 24.7. The van der Waals surface area contributed by atoms with Crippen LogP contribution in [0.4, 0.5) is 0 Å². The van der Waals surface area contributed by atoms with Crippen molar-refractivity contribution >= 4 is 11.8 Å². The lowest BCUT2D eigenvalue weighted by molar-refractivity contribution is -0.159. The van der Waals surface area contributed by atoms with Gasteiger partial charge >= 0.3 is 5.97 Å². The highest BCUT2D eigenvalue weighted by Crippen LogP contribution is 2.65. The maximum Gasteiger partial charge on any atom is 0.306 e. The van der Waals surface area contributed by atoms with E-state index in [4.69, 9.17) is 4.74 Å². The SMILES string of the molecule is CC12CCC(=O)C=C1CCC1C2CCC2(C)C(OC(=O)CCc3ccccc3)CCC12. The zero-order valence-corrected chi connectivity index (χ0v) is 19.1. The van der Waals surface area contributed by atoms with Crippen LogP contribution in [0.5, 0.6) is 0 Å². The van der Waals surface area contributed by atoms with E-state index < -0.39 is 0 Å². The van der Waals surface area contributed by atoms with E-state index in [2.05, 4.69) is 26.0 Å². The number of carbonyl (C=O) groups excluding carboxylic acids is 2. The van der Waals surface area contributed by atoms with Crippen LogP contribution in [0.15, 0.2) is 42.0 Å². The molecule has 31 heavy (non-hydrogen) atoms. The average Bonchev–Trinajstić information content (AvgIpc) is 3.10. The van der Waals surface area contributed by atoms with E-state index in [1.165, 1.54) is 30.4 Å². The summed E-state index contributed by atoms with van der Waals surface area (Å²) >= 11 is 0. The van der Waals surface area contributed by atoms with Crippen molar-refractivity contribution in [3.05, 3.63) is 47.5 Å². The number of fused-ring (bicyclic) bond motifs is 5. The number of aryl methyl sites for hydroxylation is 1. The highest BCUT2D eigenvalue weighted by atomic mass is 16.5. The summed E-state index contributed by atoms with van der Waals surface area (Å²) in [5.41, 5.74) is 2.95. The van der Waals surface area contributed by atoms with Gasteiger partial charge in [0.25, 0.3) is 0 Å². The van der Waals surface area contributed by atoms with Crippen LogP contribution in [-0.2, 0) is 20.7 Å². The third-order valence-electron chi connectivity index (χ3n) is 9.61. The summed E-state index contributed by atoms with van der Waals surface area (Å²) in [6, 6.07) is 10.2. The number of esters is 1. The van der Waals surface area contributed by atoms with Crippen molar-refractivity contribution in [1.82, 2.24) is 0 Å². The second-order valence-corrected chi connectivity index (χ2v) is 11.1. The highest BCUT2D eigenvalue weighted by Gasteiger charge is 2.59. The van der Waals surface area contributed by atoms with Crippen LogP contribution >= 0.6 is 0 Å². The smallest absolute Gasteiger partial charge is 0.306 e. The molecule has 3 heteroatoms. The van der Waals surface area contributed by atoms with E-state index in [0.717, 1.165) is 32.1 Å². The minimum absolute atomic E-state index is 0.0375. The van der Waals surface area contributed by atoms with Crippen molar-refractivity contribution in [2.75, 3.05) is 0 Å². The quantitative estimate of drug-likeness (QED) is 0.556. The first-order valence-corrected chi connectivity index (χ1v) is 12.4. The van der Waals surface area contributed by atoms with Crippen LogP contribution < -0.4 is 0 Å². The molecule has 0 N–H and O–H groups in total. The van der Waals surface area contributed by atoms with Crippen molar-refractivity contribution in [3.63, 3.8) is 0 Å². The minimum atomic E-state index is -0.0375. The van der Waals surface area contributed by atoms with Gasteiger partial charge in [-0.3, -0.25) is 9.59 Å². The van der Waals surface area contributed by atoms with Crippen molar-refractivity contribution in [1.29, 1.82) is 0 Å². The Morgan fingerprint density at radius 2 is 1.81 bits per heavy atom. The first kappa shape index (κ1) is 21.0. The van der Waals surface area contributed by atoms with Gasteiger partial charge < -0.3 is 4.74 Å². The summed E-state index contributed by atoms with van der Waals surface area (Å²) in [6.07, 6.45) is 11.8. The maximum absolute atomic E-state index is 12.7. The zero-order chi connectivity index (χ0) is 21.6. The molecule has 1 aromatic rings. The Bertz CT molecular complexity index is 887. The number of hydrogen-bond acceptors (Lipinski definition) is 3. The number of rotatable bonds is 4. The van der Waals surface area contributed by atoms with Gasteiger partial charge in [-0.25, -0.2) is 0 Å². The monoisotopic (exact) mass is 420 g/mol. The Kier molecular flexibility index (Phi) is 5.35. The average molecular weight is 421 g/mol. The summed E-state index contributed by atoms with van der Waals surface area (Å²) < 4.78 is 6.14. The Balaban J connectivity index is 1.26. The van der Waals surface area contributed by atoms with Crippen LogP contribution in [0.3, 0.4) is 0 Å². The molecule has 0 radical (unpaired) electrons. The van der Waals surface area contributed by atoms with Gasteiger partial charge in [0.15, 0.2) is 5.78 Å². The van der Waals surface area contributed by atoms with Crippen molar-refractivity contribution in [2.24, 2.45) is 28.6 Å². The molecule has 0 amide bonds. The first-order valence-electron chi connectivity index (χ1n) is 12.4. The third kappa shape index (κ3) is 3.58. The molecule has 3 saturated carbocycles. The fourth-order valence-corrected chi connectivity index (χ4v) is 7.81. The molecule has 0 spiro atoms. The van der Waals surface area contributed by atoms with Crippen LogP contribution in [-0.4, -0.2) is 17.9 Å². The fraction of sp³-hybridized carbons (Fsp3) is 0.643. The molecule has 0 aliphatic heterocycles. The number of carbonyl (C=O) groups is 2. The number of benzene rings is 1. The molecule has 0 heterocycles. The summed E-state index contributed by atoms with van der Waals surface area (Å²) in [5.74, 6) is 2.34. The van der Waals surface area contributed by atoms with E-state index >= 15 is 0 Å². The van der Waals surface area contributed by atoms with Gasteiger partial charge in [-0.05, 0) is 86.2 Å². The molecule has 166 valence electrons. The van der Waals surface area contributed by atoms with Gasteiger partial charge in [-0.1, -0.05) is 49.8 Å². The molecule has 0 aromatic heterocycles. The number of ketones is 1. The van der Waals surface area contributed by atoms with E-state index in [0.29, 0.717) is 36.4 Å². The molecule has 4 aliphatic carbocycles. The minimum Gasteiger partial charge on any atom is -0.462 e. The largest absolute Gasteiger partial charge is 0.462 e. The Labute approximate surface area is 186 Å². The van der Waals surface area contributed by atoms with Gasteiger partial charge in [0, 0.05) is 18.3 Å². The van der Waals surface area contributed by atoms with E-state index in [1.807, 2.05) is 24.3 Å². The maximum atomic E-state index is 12.7. The topological polar surface area (TPSA) is 43.4 Å². The molecule has 5 rings (SSSR count). The second-order valence-electron chi connectivity index (χ2n) is 11.1. The Morgan fingerprint density at radius 1 is 1.00 bits per heavy atom. The molecule has 3 fully saturated rings. The van der Waals surface area contributed by atoms with Crippen molar-refractivity contribution in [2.45, 2.75) is 84.2 Å². The predicted octanol–water partition coefficient (Wildman–Crippen LogP) is 6.06. The summed E-state index contributed by atoms with van der Waals surface area (Å²) in [5, 5.41) is 0. The summed E-state index contributed by atoms with van der Waals surface area (Å²) in [7, 11) is 0. The molecule has 4 aliphatic rings. The third-order valence-corrected chi connectivity index (χ3v) is 9.61. The molecule has 0 bridgehead atoms. The molecular formula is C28H36O3. The van der Waals surface area contributed by atoms with Crippen LogP contribution in [0.1, 0.15) is 77.2 Å². The normalized spacial score (nSPS) is 39.2. The van der Waals surface area contributed by atoms with Crippen LogP contribution in [0.25, 0.3) is 0 Å². The molecular weight excluding hydrogens is 384 g/mol. The zero-order valence-electron chi connectivity index (χ0n) is 19.1. The van der Waals surface area contributed by atoms with Gasteiger partial charge in [0.2, 0.25) is 0 Å². The van der Waals surface area contributed by atoms with Gasteiger partial charge in [-0.15, -0.1) is 0 Å². The van der Waals surface area contributed by atoms with Crippen molar-refractivity contribution in [3.8, 4) is 0 Å². The van der Waals surface area contributed by atoms with E-state index in [1.54, 1.807) is 0 Å². The molecule has 3 nitrogen and oxygen atoms in total. The highest BCUT2D eigenvalue weighted by molar-refractivity contribution is 5.91. The lowest BCUT2D eigenvalue weighted by Gasteiger charge is -2.57. The van der Waals surface area contributed by atoms with Gasteiger partial charge in [0.05, 0.1) is 0 Å². The first-order chi connectivity index (χ1) is 14.9. The summed E-state index contributed by atoms with van der Waals surface area (Å²) in [6.45, 7) is 4.83. The van der Waals surface area contributed by atoms with Crippen molar-refractivity contribution < 1.29 is 14.3 Å². The Morgan fingerprint density at radius 3 is 2.61 bits per heavy atom. The number of hydrogen-bond donors (Lipinski definition) is 0. The van der Waals surface area contributed by atoms with Crippen LogP contribution in [0, 0.1) is 28.6 Å². The van der Waals surface area contributed by atoms with Gasteiger partial charge in [-0.2, -0.15) is 0 Å². The molecule has 6 atom stereocenters. The molecule has 6 unspecified atom stereocenters.